The van der Waals surface area contributed by atoms with Gasteiger partial charge in [0, 0.05) is 12.0 Å². The van der Waals surface area contributed by atoms with Crippen molar-refractivity contribution in [2.45, 2.75) is 12.6 Å². The van der Waals surface area contributed by atoms with Crippen LogP contribution in [-0.2, 0) is 12.6 Å². The Labute approximate surface area is 120 Å². The average Bonchev–Trinajstić information content (AvgIpc) is 2.47. The third-order valence-corrected chi connectivity index (χ3v) is 3.06. The summed E-state index contributed by atoms with van der Waals surface area (Å²) in [4.78, 5) is 12.0. The van der Waals surface area contributed by atoms with Crippen LogP contribution in [0, 0.1) is 0 Å². The van der Waals surface area contributed by atoms with Crippen molar-refractivity contribution in [2.24, 2.45) is 0 Å². The molecule has 5 heteroatoms. The lowest BCUT2D eigenvalue weighted by Gasteiger charge is -2.07. The molecule has 2 aromatic rings. The third-order valence-electron chi connectivity index (χ3n) is 3.06. The standard InChI is InChI=1S/C16H13F3O2/c1-21-14-8-4-12(5-9-14)15(20)10-11-2-6-13(7-3-11)16(17,18)19/h2-9H,10H2,1H3. The summed E-state index contributed by atoms with van der Waals surface area (Å²) in [5.41, 5.74) is 0.322. The zero-order chi connectivity index (χ0) is 15.5. The molecule has 2 aromatic carbocycles. The molecule has 0 spiro atoms. The topological polar surface area (TPSA) is 26.3 Å². The molecule has 0 heterocycles. The first-order valence-electron chi connectivity index (χ1n) is 6.23. The van der Waals surface area contributed by atoms with Crippen molar-refractivity contribution in [1.82, 2.24) is 0 Å². The summed E-state index contributed by atoms with van der Waals surface area (Å²) in [6.07, 6.45) is -4.30. The number of alkyl halides is 3. The van der Waals surface area contributed by atoms with Crippen LogP contribution < -0.4 is 4.74 Å². The summed E-state index contributed by atoms with van der Waals surface area (Å²) < 4.78 is 42.3. The fourth-order valence-electron chi connectivity index (χ4n) is 1.88. The molecule has 21 heavy (non-hydrogen) atoms. The van der Waals surface area contributed by atoms with Gasteiger partial charge in [-0.15, -0.1) is 0 Å². The van der Waals surface area contributed by atoms with Gasteiger partial charge in [0.25, 0.3) is 0 Å². The minimum Gasteiger partial charge on any atom is -0.497 e. The smallest absolute Gasteiger partial charge is 0.416 e. The van der Waals surface area contributed by atoms with Gasteiger partial charge in [0.1, 0.15) is 5.75 Å². The van der Waals surface area contributed by atoms with Crippen molar-refractivity contribution in [1.29, 1.82) is 0 Å². The van der Waals surface area contributed by atoms with Crippen molar-refractivity contribution >= 4 is 5.78 Å². The van der Waals surface area contributed by atoms with Crippen LogP contribution in [0.4, 0.5) is 13.2 Å². The van der Waals surface area contributed by atoms with Crippen LogP contribution in [-0.4, -0.2) is 12.9 Å². The molecule has 0 bridgehead atoms. The normalized spacial score (nSPS) is 11.2. The molecule has 0 radical (unpaired) electrons. The Bertz CT molecular complexity index is 613. The quantitative estimate of drug-likeness (QED) is 0.792. The fourth-order valence-corrected chi connectivity index (χ4v) is 1.88. The SMILES string of the molecule is COc1ccc(C(=O)Cc2ccc(C(F)(F)F)cc2)cc1. The van der Waals surface area contributed by atoms with Crippen molar-refractivity contribution in [3.05, 3.63) is 65.2 Å². The summed E-state index contributed by atoms with van der Waals surface area (Å²) in [5.74, 6) is 0.485. The lowest BCUT2D eigenvalue weighted by Crippen LogP contribution is -2.06. The first kappa shape index (κ1) is 15.1. The lowest BCUT2D eigenvalue weighted by molar-refractivity contribution is -0.137. The van der Waals surface area contributed by atoms with E-state index in [2.05, 4.69) is 0 Å². The molecule has 0 aliphatic heterocycles. The first-order chi connectivity index (χ1) is 9.90. The largest absolute Gasteiger partial charge is 0.497 e. The van der Waals surface area contributed by atoms with Crippen molar-refractivity contribution in [3.63, 3.8) is 0 Å². The Morgan fingerprint density at radius 3 is 2.05 bits per heavy atom. The van der Waals surface area contributed by atoms with Crippen LogP contribution >= 0.6 is 0 Å². The van der Waals surface area contributed by atoms with E-state index in [1.807, 2.05) is 0 Å². The van der Waals surface area contributed by atoms with Gasteiger partial charge in [-0.3, -0.25) is 4.79 Å². The zero-order valence-electron chi connectivity index (χ0n) is 11.3. The summed E-state index contributed by atoms with van der Waals surface area (Å²) in [7, 11) is 1.53. The molecule has 2 nitrogen and oxygen atoms in total. The highest BCUT2D eigenvalue weighted by Crippen LogP contribution is 2.29. The van der Waals surface area contributed by atoms with E-state index in [4.69, 9.17) is 4.74 Å². The van der Waals surface area contributed by atoms with Gasteiger partial charge in [-0.2, -0.15) is 13.2 Å². The van der Waals surface area contributed by atoms with Crippen LogP contribution in [0.5, 0.6) is 5.75 Å². The second kappa shape index (κ2) is 5.99. The molecule has 0 saturated heterocycles. The van der Waals surface area contributed by atoms with Crippen LogP contribution in [0.25, 0.3) is 0 Å². The molecule has 0 amide bonds. The van der Waals surface area contributed by atoms with Gasteiger partial charge in [0.15, 0.2) is 5.78 Å². The molecular weight excluding hydrogens is 281 g/mol. The number of rotatable bonds is 4. The van der Waals surface area contributed by atoms with E-state index < -0.39 is 11.7 Å². The van der Waals surface area contributed by atoms with Crippen LogP contribution in [0.2, 0.25) is 0 Å². The molecule has 2 rings (SSSR count). The van der Waals surface area contributed by atoms with E-state index in [1.54, 1.807) is 24.3 Å². The Balaban J connectivity index is 2.08. The zero-order valence-corrected chi connectivity index (χ0v) is 11.3. The number of ether oxygens (including phenoxy) is 1. The van der Waals surface area contributed by atoms with Gasteiger partial charge in [-0.25, -0.2) is 0 Å². The van der Waals surface area contributed by atoms with E-state index in [0.717, 1.165) is 12.1 Å². The maximum absolute atomic E-state index is 12.4. The number of hydrogen-bond donors (Lipinski definition) is 0. The molecule has 0 saturated carbocycles. The lowest BCUT2D eigenvalue weighted by atomic mass is 10.0. The average molecular weight is 294 g/mol. The number of Topliss-reactive ketones (excluding diaryl/α,β-unsaturated/α-hetero) is 1. The van der Waals surface area contributed by atoms with Crippen molar-refractivity contribution in [3.8, 4) is 5.75 Å². The number of carbonyl (C=O) groups excluding carboxylic acids is 1. The second-order valence-corrected chi connectivity index (χ2v) is 4.52. The van der Waals surface area contributed by atoms with E-state index in [9.17, 15) is 18.0 Å². The molecule has 0 aliphatic carbocycles. The Morgan fingerprint density at radius 1 is 1.00 bits per heavy atom. The maximum Gasteiger partial charge on any atom is 0.416 e. The summed E-state index contributed by atoms with van der Waals surface area (Å²) in [6, 6.07) is 11.2. The van der Waals surface area contributed by atoms with E-state index in [1.165, 1.54) is 19.2 Å². The van der Waals surface area contributed by atoms with E-state index in [-0.39, 0.29) is 12.2 Å². The molecule has 0 aromatic heterocycles. The molecule has 0 aliphatic rings. The Kier molecular flexibility index (Phi) is 4.31. The van der Waals surface area contributed by atoms with E-state index >= 15 is 0 Å². The third kappa shape index (κ3) is 3.84. The van der Waals surface area contributed by atoms with Crippen LogP contribution in [0.1, 0.15) is 21.5 Å². The van der Waals surface area contributed by atoms with Gasteiger partial charge in [-0.1, -0.05) is 12.1 Å². The summed E-state index contributed by atoms with van der Waals surface area (Å²) in [5, 5.41) is 0. The van der Waals surface area contributed by atoms with Gasteiger partial charge in [0.05, 0.1) is 12.7 Å². The summed E-state index contributed by atoms with van der Waals surface area (Å²) >= 11 is 0. The number of halogens is 3. The number of hydrogen-bond acceptors (Lipinski definition) is 2. The molecule has 0 unspecified atom stereocenters. The maximum atomic E-state index is 12.4. The fraction of sp³-hybridized carbons (Fsp3) is 0.188. The van der Waals surface area contributed by atoms with Crippen LogP contribution in [0.3, 0.4) is 0 Å². The highest BCUT2D eigenvalue weighted by molar-refractivity contribution is 5.97. The first-order valence-corrected chi connectivity index (χ1v) is 6.23. The highest BCUT2D eigenvalue weighted by Gasteiger charge is 2.29. The highest BCUT2D eigenvalue weighted by atomic mass is 19.4. The summed E-state index contributed by atoms with van der Waals surface area (Å²) in [6.45, 7) is 0. The number of ketones is 1. The Hall–Kier alpha value is -2.30. The second-order valence-electron chi connectivity index (χ2n) is 4.52. The molecular formula is C16H13F3O2. The van der Waals surface area contributed by atoms with Gasteiger partial charge in [-0.05, 0) is 42.0 Å². The minimum absolute atomic E-state index is 0.0600. The van der Waals surface area contributed by atoms with Gasteiger partial charge in [0.2, 0.25) is 0 Å². The number of carbonyl (C=O) groups is 1. The van der Waals surface area contributed by atoms with Gasteiger partial charge >= 0.3 is 6.18 Å². The minimum atomic E-state index is -4.36. The number of methoxy groups -OCH3 is 1. The monoisotopic (exact) mass is 294 g/mol. The van der Waals surface area contributed by atoms with Crippen LogP contribution in [0.15, 0.2) is 48.5 Å². The Morgan fingerprint density at radius 2 is 1.57 bits per heavy atom. The van der Waals surface area contributed by atoms with Crippen molar-refractivity contribution < 1.29 is 22.7 Å². The molecule has 0 fully saturated rings. The predicted molar refractivity (Wildman–Crippen MR) is 72.5 cm³/mol. The number of benzene rings is 2. The molecule has 110 valence electrons. The predicted octanol–water partition coefficient (Wildman–Crippen LogP) is 4.14. The van der Waals surface area contributed by atoms with Gasteiger partial charge < -0.3 is 4.74 Å². The molecule has 0 N–H and O–H groups in total. The van der Waals surface area contributed by atoms with E-state index in [0.29, 0.717) is 16.9 Å². The molecule has 0 atom stereocenters. The van der Waals surface area contributed by atoms with Crippen molar-refractivity contribution in [2.75, 3.05) is 7.11 Å².